The van der Waals surface area contributed by atoms with Crippen molar-refractivity contribution in [1.29, 1.82) is 0 Å². The van der Waals surface area contributed by atoms with Gasteiger partial charge in [-0.1, -0.05) is 11.3 Å². The smallest absolute Gasteiger partial charge is 0.309 e. The molecular formula is C13H12F3N7O6S2. The van der Waals surface area contributed by atoms with Gasteiger partial charge < -0.3 is 10.6 Å². The summed E-state index contributed by atoms with van der Waals surface area (Å²) in [6.07, 6.45) is -5.65. The minimum atomic E-state index is -5.65. The van der Waals surface area contributed by atoms with E-state index < -0.39 is 60.5 Å². The minimum Gasteiger partial charge on any atom is -0.309 e. The van der Waals surface area contributed by atoms with Gasteiger partial charge in [-0.2, -0.15) is 17.9 Å². The molecule has 13 nitrogen and oxygen atoms in total. The summed E-state index contributed by atoms with van der Waals surface area (Å²) in [5.74, 6) is -3.40. The van der Waals surface area contributed by atoms with Crippen LogP contribution in [-0.4, -0.2) is 45.7 Å². The number of hydrogen-bond donors (Lipinski definition) is 3. The normalized spacial score (nSPS) is 18.6. The maximum absolute atomic E-state index is 14.2. The van der Waals surface area contributed by atoms with Crippen LogP contribution < -0.4 is 26.6 Å². The second-order valence-corrected chi connectivity index (χ2v) is 9.12. The molecule has 2 aromatic rings. The molecule has 0 aliphatic carbocycles. The average molecular weight is 483 g/mol. The molecule has 1 aliphatic heterocycles. The maximum atomic E-state index is 14.2. The van der Waals surface area contributed by atoms with Crippen LogP contribution in [0.2, 0.25) is 0 Å². The fourth-order valence-corrected chi connectivity index (χ4v) is 5.11. The molecule has 0 bridgehead atoms. The Hall–Kier alpha value is -3.12. The standard InChI is InChI=1S/C13H12F3N7O6S2/c1-4(24)17-9-19-20-10(30-9)31(28,29)21-12(13(14,15)16)5-6(18-8(12)26)22(2)11(27)23(3)7(5)25/h21H,1-3H3,(H,18,26)(H,17,19,24)/t12-/m1/s1. The summed E-state index contributed by atoms with van der Waals surface area (Å²) in [6, 6.07) is 0. The van der Waals surface area contributed by atoms with Crippen molar-refractivity contribution in [2.24, 2.45) is 14.1 Å². The molecule has 168 valence electrons. The highest BCUT2D eigenvalue weighted by molar-refractivity contribution is 7.91. The number of aromatic nitrogens is 4. The minimum absolute atomic E-state index is 0.214. The van der Waals surface area contributed by atoms with Crippen LogP contribution in [0.25, 0.3) is 0 Å². The van der Waals surface area contributed by atoms with E-state index in [9.17, 15) is 40.8 Å². The first-order chi connectivity index (χ1) is 14.1. The van der Waals surface area contributed by atoms with Gasteiger partial charge in [0.05, 0.1) is 5.56 Å². The predicted molar refractivity (Wildman–Crippen MR) is 97.8 cm³/mol. The zero-order valence-electron chi connectivity index (χ0n) is 15.7. The molecule has 0 radical (unpaired) electrons. The number of amides is 2. The molecule has 1 aliphatic rings. The van der Waals surface area contributed by atoms with Crippen LogP contribution in [0.5, 0.6) is 0 Å². The summed E-state index contributed by atoms with van der Waals surface area (Å²) in [6.45, 7) is 1.08. The predicted octanol–water partition coefficient (Wildman–Crippen LogP) is -1.42. The van der Waals surface area contributed by atoms with E-state index in [-0.39, 0.29) is 16.5 Å². The summed E-state index contributed by atoms with van der Waals surface area (Å²) in [4.78, 5) is 48.1. The molecule has 3 N–H and O–H groups in total. The Morgan fingerprint density at radius 2 is 1.77 bits per heavy atom. The third-order valence-corrected chi connectivity index (χ3v) is 6.90. The third-order valence-electron chi connectivity index (χ3n) is 4.24. The largest absolute Gasteiger partial charge is 0.421 e. The summed E-state index contributed by atoms with van der Waals surface area (Å²) < 4.78 is 69.0. The quantitative estimate of drug-likeness (QED) is 0.444. The number of hydrogen-bond acceptors (Lipinski definition) is 9. The number of sulfonamides is 1. The van der Waals surface area contributed by atoms with Gasteiger partial charge in [-0.3, -0.25) is 23.5 Å². The summed E-state index contributed by atoms with van der Waals surface area (Å²) in [5, 5.41) is 10.1. The van der Waals surface area contributed by atoms with Crippen molar-refractivity contribution < 1.29 is 31.2 Å². The van der Waals surface area contributed by atoms with Gasteiger partial charge in [0.25, 0.3) is 21.5 Å². The van der Waals surface area contributed by atoms with E-state index in [2.05, 4.69) is 15.5 Å². The molecule has 0 saturated heterocycles. The fourth-order valence-electron chi connectivity index (χ4n) is 2.83. The van der Waals surface area contributed by atoms with Crippen molar-refractivity contribution in [3.63, 3.8) is 0 Å². The van der Waals surface area contributed by atoms with Crippen molar-refractivity contribution in [1.82, 2.24) is 24.1 Å². The molecule has 0 unspecified atom stereocenters. The van der Waals surface area contributed by atoms with Crippen LogP contribution >= 0.6 is 11.3 Å². The molecule has 3 rings (SSSR count). The molecule has 2 amide bonds. The molecule has 0 aromatic carbocycles. The monoisotopic (exact) mass is 483 g/mol. The summed E-state index contributed by atoms with van der Waals surface area (Å²) >= 11 is 0.214. The van der Waals surface area contributed by atoms with Gasteiger partial charge in [0.15, 0.2) is 0 Å². The lowest BCUT2D eigenvalue weighted by Gasteiger charge is -2.29. The number of nitrogens with zero attached hydrogens (tertiary/aromatic N) is 4. The Morgan fingerprint density at radius 1 is 1.16 bits per heavy atom. The number of alkyl halides is 3. The van der Waals surface area contributed by atoms with Crippen LogP contribution in [0.15, 0.2) is 13.9 Å². The van der Waals surface area contributed by atoms with Crippen LogP contribution in [0.1, 0.15) is 12.5 Å². The number of carbonyl (C=O) groups is 2. The second-order valence-electron chi connectivity index (χ2n) is 6.29. The first kappa shape index (κ1) is 22.6. The molecule has 18 heteroatoms. The van der Waals surface area contributed by atoms with Gasteiger partial charge in [-0.15, -0.1) is 10.2 Å². The lowest BCUT2D eigenvalue weighted by atomic mass is 9.93. The van der Waals surface area contributed by atoms with Crippen LogP contribution in [-0.2, 0) is 39.2 Å². The van der Waals surface area contributed by atoms with E-state index in [0.29, 0.717) is 9.13 Å². The van der Waals surface area contributed by atoms with E-state index in [1.807, 2.05) is 0 Å². The van der Waals surface area contributed by atoms with Crippen molar-refractivity contribution in [2.75, 3.05) is 10.6 Å². The van der Waals surface area contributed by atoms with Crippen LogP contribution in [0, 0.1) is 0 Å². The lowest BCUT2D eigenvalue weighted by molar-refractivity contribution is -0.194. The zero-order valence-corrected chi connectivity index (χ0v) is 17.3. The molecule has 0 fully saturated rings. The van der Waals surface area contributed by atoms with E-state index >= 15 is 0 Å². The molecule has 31 heavy (non-hydrogen) atoms. The molecule has 0 spiro atoms. The lowest BCUT2D eigenvalue weighted by Crippen LogP contribution is -2.62. The van der Waals surface area contributed by atoms with Gasteiger partial charge in [-0.05, 0) is 0 Å². The molecule has 0 saturated carbocycles. The molecule has 3 heterocycles. The number of rotatable bonds is 4. The van der Waals surface area contributed by atoms with Crippen LogP contribution in [0.4, 0.5) is 24.1 Å². The number of anilines is 2. The van der Waals surface area contributed by atoms with Crippen molar-refractivity contribution in [3.05, 3.63) is 26.4 Å². The van der Waals surface area contributed by atoms with E-state index in [1.54, 1.807) is 5.32 Å². The summed E-state index contributed by atoms with van der Waals surface area (Å²) in [5.41, 5.74) is -7.96. The Labute approximate surface area is 173 Å². The third kappa shape index (κ3) is 3.31. The SMILES string of the molecule is CC(=O)Nc1nnc(S(=O)(=O)N[C@@]2(C(F)(F)F)C(=O)Nc3c2c(=O)n(C)c(=O)n3C)s1. The topological polar surface area (TPSA) is 174 Å². The van der Waals surface area contributed by atoms with E-state index in [0.717, 1.165) is 21.0 Å². The Balaban J connectivity index is 2.26. The first-order valence-electron chi connectivity index (χ1n) is 7.97. The zero-order chi connectivity index (χ0) is 23.5. The summed E-state index contributed by atoms with van der Waals surface area (Å²) in [7, 11) is -3.34. The second kappa shape index (κ2) is 6.95. The van der Waals surface area contributed by atoms with Gasteiger partial charge in [0.1, 0.15) is 5.82 Å². The van der Waals surface area contributed by atoms with Crippen molar-refractivity contribution >= 4 is 44.1 Å². The maximum Gasteiger partial charge on any atom is 0.421 e. The van der Waals surface area contributed by atoms with Gasteiger partial charge in [0, 0.05) is 21.0 Å². The molecule has 2 aromatic heterocycles. The Bertz CT molecular complexity index is 1340. The van der Waals surface area contributed by atoms with E-state index in [1.165, 1.54) is 4.72 Å². The highest BCUT2D eigenvalue weighted by atomic mass is 32.2. The van der Waals surface area contributed by atoms with E-state index in [4.69, 9.17) is 0 Å². The fraction of sp³-hybridized carbons (Fsp3) is 0.385. The Morgan fingerprint density at radius 3 is 2.32 bits per heavy atom. The molecule has 1 atom stereocenters. The van der Waals surface area contributed by atoms with Crippen molar-refractivity contribution in [3.8, 4) is 0 Å². The van der Waals surface area contributed by atoms with Gasteiger partial charge >= 0.3 is 11.9 Å². The average Bonchev–Trinajstić information content (AvgIpc) is 3.21. The number of nitrogens with one attached hydrogen (secondary N) is 3. The highest BCUT2D eigenvalue weighted by Crippen LogP contribution is 2.45. The van der Waals surface area contributed by atoms with Gasteiger partial charge in [-0.25, -0.2) is 13.2 Å². The Kier molecular flexibility index (Phi) is 5.06. The number of halogens is 3. The first-order valence-corrected chi connectivity index (χ1v) is 10.3. The highest BCUT2D eigenvalue weighted by Gasteiger charge is 2.69. The van der Waals surface area contributed by atoms with Crippen LogP contribution in [0.3, 0.4) is 0 Å². The number of fused-ring (bicyclic) bond motifs is 1. The van der Waals surface area contributed by atoms with Gasteiger partial charge in [0.2, 0.25) is 20.9 Å². The van der Waals surface area contributed by atoms with Crippen molar-refractivity contribution in [2.45, 2.75) is 23.0 Å². The number of carbonyl (C=O) groups excluding carboxylic acids is 2. The molecular weight excluding hydrogens is 471 g/mol.